The van der Waals surface area contributed by atoms with Crippen LogP contribution >= 0.6 is 15.9 Å². The van der Waals surface area contributed by atoms with Gasteiger partial charge >= 0.3 is 0 Å². The average Bonchev–Trinajstić information content (AvgIpc) is 2.77. The van der Waals surface area contributed by atoms with E-state index in [9.17, 15) is 9.59 Å². The standard InChI is InChI=1S/C16H16BrNO2/c1-10-8-14-12(9-15(10)17)5-6-13(14)16(20)18-7-3-4-11(2)19/h3-4,6,8-9H,5,7H2,1-2H3,(H,18,20)/b4-3+. The zero-order valence-electron chi connectivity index (χ0n) is 11.5. The van der Waals surface area contributed by atoms with Gasteiger partial charge in [-0.05, 0) is 55.2 Å². The van der Waals surface area contributed by atoms with Gasteiger partial charge in [0.15, 0.2) is 5.78 Å². The van der Waals surface area contributed by atoms with E-state index in [0.29, 0.717) is 12.1 Å². The monoisotopic (exact) mass is 333 g/mol. The molecule has 20 heavy (non-hydrogen) atoms. The van der Waals surface area contributed by atoms with Gasteiger partial charge < -0.3 is 5.32 Å². The second-order valence-corrected chi connectivity index (χ2v) is 5.66. The van der Waals surface area contributed by atoms with Gasteiger partial charge in [-0.3, -0.25) is 9.59 Å². The van der Waals surface area contributed by atoms with E-state index in [2.05, 4.69) is 27.3 Å². The molecule has 1 N–H and O–H groups in total. The van der Waals surface area contributed by atoms with Gasteiger partial charge in [0.2, 0.25) is 0 Å². The van der Waals surface area contributed by atoms with Gasteiger partial charge in [0.1, 0.15) is 0 Å². The van der Waals surface area contributed by atoms with Crippen LogP contribution in [0.4, 0.5) is 0 Å². The molecule has 0 spiro atoms. The summed E-state index contributed by atoms with van der Waals surface area (Å²) >= 11 is 3.51. The third-order valence-electron chi connectivity index (χ3n) is 3.18. The van der Waals surface area contributed by atoms with E-state index in [-0.39, 0.29) is 11.7 Å². The van der Waals surface area contributed by atoms with Crippen LogP contribution in [-0.4, -0.2) is 18.2 Å². The maximum Gasteiger partial charge on any atom is 0.251 e. The van der Waals surface area contributed by atoms with Gasteiger partial charge in [-0.2, -0.15) is 0 Å². The summed E-state index contributed by atoms with van der Waals surface area (Å²) in [5.74, 6) is -0.121. The van der Waals surface area contributed by atoms with E-state index in [4.69, 9.17) is 0 Å². The van der Waals surface area contributed by atoms with Crippen molar-refractivity contribution in [2.24, 2.45) is 0 Å². The van der Waals surface area contributed by atoms with Crippen LogP contribution in [0.1, 0.15) is 23.6 Å². The van der Waals surface area contributed by atoms with Gasteiger partial charge in [-0.1, -0.05) is 28.1 Å². The summed E-state index contributed by atoms with van der Waals surface area (Å²) < 4.78 is 1.07. The zero-order chi connectivity index (χ0) is 14.7. The van der Waals surface area contributed by atoms with Crippen molar-refractivity contribution in [3.63, 3.8) is 0 Å². The normalized spacial score (nSPS) is 13.2. The summed E-state index contributed by atoms with van der Waals surface area (Å²) in [4.78, 5) is 22.9. The molecule has 0 aromatic heterocycles. The number of ketones is 1. The number of amides is 1. The van der Waals surface area contributed by atoms with Crippen molar-refractivity contribution < 1.29 is 9.59 Å². The fourth-order valence-electron chi connectivity index (χ4n) is 2.15. The minimum absolute atomic E-state index is 0.0230. The van der Waals surface area contributed by atoms with Crippen molar-refractivity contribution >= 4 is 33.2 Å². The molecule has 1 amide bonds. The fourth-order valence-corrected chi connectivity index (χ4v) is 2.54. The molecule has 1 aromatic carbocycles. The third-order valence-corrected chi connectivity index (χ3v) is 4.03. The van der Waals surface area contributed by atoms with E-state index < -0.39 is 0 Å². The number of carbonyl (C=O) groups is 2. The summed E-state index contributed by atoms with van der Waals surface area (Å²) in [7, 11) is 0. The molecule has 1 aliphatic carbocycles. The van der Waals surface area contributed by atoms with Crippen LogP contribution in [0.3, 0.4) is 0 Å². The summed E-state index contributed by atoms with van der Waals surface area (Å²) in [6.45, 7) is 3.85. The molecule has 0 saturated heterocycles. The number of hydrogen-bond donors (Lipinski definition) is 1. The number of rotatable bonds is 4. The van der Waals surface area contributed by atoms with Crippen LogP contribution in [0.2, 0.25) is 0 Å². The van der Waals surface area contributed by atoms with Crippen LogP contribution < -0.4 is 5.32 Å². The van der Waals surface area contributed by atoms with Gasteiger partial charge in [-0.15, -0.1) is 0 Å². The van der Waals surface area contributed by atoms with E-state index in [0.717, 1.165) is 27.6 Å². The predicted octanol–water partition coefficient (Wildman–Crippen LogP) is 2.96. The molecular formula is C16H16BrNO2. The molecule has 104 valence electrons. The highest BCUT2D eigenvalue weighted by Crippen LogP contribution is 2.32. The molecule has 0 fully saturated rings. The molecule has 4 heteroatoms. The van der Waals surface area contributed by atoms with Crippen molar-refractivity contribution in [3.8, 4) is 0 Å². The molecule has 0 atom stereocenters. The Morgan fingerprint density at radius 2 is 2.15 bits per heavy atom. The number of fused-ring (bicyclic) bond motifs is 1. The summed E-state index contributed by atoms with van der Waals surface area (Å²) in [5.41, 5.74) is 3.98. The molecule has 2 rings (SSSR count). The Morgan fingerprint density at radius 1 is 1.40 bits per heavy atom. The first kappa shape index (κ1) is 14.7. The van der Waals surface area contributed by atoms with Crippen molar-refractivity contribution in [3.05, 3.63) is 51.5 Å². The third kappa shape index (κ3) is 3.25. The van der Waals surface area contributed by atoms with E-state index in [1.807, 2.05) is 19.1 Å². The number of nitrogens with one attached hydrogen (secondary N) is 1. The number of allylic oxidation sites excluding steroid dienone is 2. The van der Waals surface area contributed by atoms with E-state index in [1.165, 1.54) is 13.0 Å². The molecule has 0 aliphatic heterocycles. The minimum atomic E-state index is -0.0984. The highest BCUT2D eigenvalue weighted by molar-refractivity contribution is 9.10. The van der Waals surface area contributed by atoms with Crippen molar-refractivity contribution in [1.82, 2.24) is 5.32 Å². The molecule has 0 saturated carbocycles. The quantitative estimate of drug-likeness (QED) is 0.861. The lowest BCUT2D eigenvalue weighted by atomic mass is 10.0. The second kappa shape index (κ2) is 6.18. The van der Waals surface area contributed by atoms with Crippen molar-refractivity contribution in [2.45, 2.75) is 20.3 Å². The Morgan fingerprint density at radius 3 is 2.85 bits per heavy atom. The molecular weight excluding hydrogens is 318 g/mol. The summed E-state index contributed by atoms with van der Waals surface area (Å²) in [6, 6.07) is 4.10. The predicted molar refractivity (Wildman–Crippen MR) is 83.4 cm³/mol. The molecule has 3 nitrogen and oxygen atoms in total. The average molecular weight is 334 g/mol. The highest BCUT2D eigenvalue weighted by Gasteiger charge is 2.20. The topological polar surface area (TPSA) is 46.2 Å². The summed E-state index contributed by atoms with van der Waals surface area (Å²) in [5, 5.41) is 2.80. The van der Waals surface area contributed by atoms with Gasteiger partial charge in [0, 0.05) is 16.6 Å². The van der Waals surface area contributed by atoms with Crippen molar-refractivity contribution in [1.29, 1.82) is 0 Å². The summed E-state index contributed by atoms with van der Waals surface area (Å²) in [6.07, 6.45) is 5.84. The second-order valence-electron chi connectivity index (χ2n) is 4.80. The number of carbonyl (C=O) groups excluding carboxylic acids is 2. The van der Waals surface area contributed by atoms with Gasteiger partial charge in [0.25, 0.3) is 5.91 Å². The van der Waals surface area contributed by atoms with Crippen LogP contribution in [-0.2, 0) is 16.0 Å². The van der Waals surface area contributed by atoms with Crippen LogP contribution in [0.15, 0.2) is 34.8 Å². The Hall–Kier alpha value is -1.68. The molecule has 0 unspecified atom stereocenters. The molecule has 0 heterocycles. The van der Waals surface area contributed by atoms with E-state index >= 15 is 0 Å². The number of aryl methyl sites for hydroxylation is 1. The highest BCUT2D eigenvalue weighted by atomic mass is 79.9. The maximum atomic E-state index is 12.1. The fraction of sp³-hybridized carbons (Fsp3) is 0.250. The first-order chi connectivity index (χ1) is 9.49. The molecule has 0 bridgehead atoms. The lowest BCUT2D eigenvalue weighted by Gasteiger charge is -2.08. The largest absolute Gasteiger partial charge is 0.349 e. The minimum Gasteiger partial charge on any atom is -0.349 e. The Kier molecular flexibility index (Phi) is 4.55. The van der Waals surface area contributed by atoms with Crippen molar-refractivity contribution in [2.75, 3.05) is 6.54 Å². The number of hydrogen-bond acceptors (Lipinski definition) is 2. The zero-order valence-corrected chi connectivity index (χ0v) is 13.1. The lowest BCUT2D eigenvalue weighted by molar-refractivity contribution is -0.115. The van der Waals surface area contributed by atoms with Gasteiger partial charge in [-0.25, -0.2) is 0 Å². The first-order valence-corrected chi connectivity index (χ1v) is 7.23. The SMILES string of the molecule is CC(=O)/C=C/CNC(=O)C1=CCc2cc(Br)c(C)cc21. The first-order valence-electron chi connectivity index (χ1n) is 6.44. The molecule has 1 aliphatic rings. The van der Waals surface area contributed by atoms with Crippen LogP contribution in [0.25, 0.3) is 5.57 Å². The number of benzene rings is 1. The molecule has 1 aromatic rings. The Bertz CT molecular complexity index is 630. The van der Waals surface area contributed by atoms with Crippen LogP contribution in [0, 0.1) is 6.92 Å². The number of halogens is 1. The smallest absolute Gasteiger partial charge is 0.251 e. The molecule has 0 radical (unpaired) electrons. The Balaban J connectivity index is 2.08. The maximum absolute atomic E-state index is 12.1. The Labute approximate surface area is 126 Å². The van der Waals surface area contributed by atoms with Gasteiger partial charge in [0.05, 0.1) is 0 Å². The van der Waals surface area contributed by atoms with E-state index in [1.54, 1.807) is 6.08 Å². The van der Waals surface area contributed by atoms with Crippen LogP contribution in [0.5, 0.6) is 0 Å². The lowest BCUT2D eigenvalue weighted by Crippen LogP contribution is -2.24.